The minimum atomic E-state index is -1.18. The zero-order valence-electron chi connectivity index (χ0n) is 27.0. The van der Waals surface area contributed by atoms with Crippen LogP contribution in [-0.4, -0.2) is 26.7 Å². The van der Waals surface area contributed by atoms with Crippen LogP contribution < -0.4 is 10.1 Å². The highest BCUT2D eigenvalue weighted by Crippen LogP contribution is 2.48. The van der Waals surface area contributed by atoms with Crippen molar-refractivity contribution in [3.63, 3.8) is 0 Å². The minimum Gasteiger partial charge on any atom is -0.510 e. The third kappa shape index (κ3) is 5.81. The highest BCUT2D eigenvalue weighted by molar-refractivity contribution is 6.03. The first-order valence-corrected chi connectivity index (χ1v) is 16.1. The van der Waals surface area contributed by atoms with E-state index in [4.69, 9.17) is 9.15 Å². The Balaban J connectivity index is 1.41. The highest BCUT2D eigenvalue weighted by atomic mass is 19.1. The predicted octanol–water partition coefficient (Wildman–Crippen LogP) is 8.25. The van der Waals surface area contributed by atoms with Gasteiger partial charge in [0, 0.05) is 48.2 Å². The Bertz CT molecular complexity index is 2010. The van der Waals surface area contributed by atoms with Crippen molar-refractivity contribution in [1.82, 2.24) is 15.2 Å². The van der Waals surface area contributed by atoms with E-state index in [0.29, 0.717) is 47.7 Å². The van der Waals surface area contributed by atoms with Gasteiger partial charge in [-0.1, -0.05) is 80.6 Å². The van der Waals surface area contributed by atoms with Crippen LogP contribution in [0.15, 0.2) is 118 Å². The summed E-state index contributed by atoms with van der Waals surface area (Å²) in [7, 11) is 0. The molecule has 0 saturated heterocycles. The van der Waals surface area contributed by atoms with Gasteiger partial charge in [-0.25, -0.2) is 9.37 Å². The molecule has 0 radical (unpaired) electrons. The van der Waals surface area contributed by atoms with Gasteiger partial charge >= 0.3 is 0 Å². The van der Waals surface area contributed by atoms with Gasteiger partial charge in [-0.2, -0.15) is 0 Å². The lowest BCUT2D eigenvalue weighted by molar-refractivity contribution is -0.118. The van der Waals surface area contributed by atoms with Gasteiger partial charge in [0.05, 0.1) is 11.7 Å². The fourth-order valence-corrected chi connectivity index (χ4v) is 6.81. The molecule has 2 N–H and O–H groups in total. The molecule has 1 amide bonds. The van der Waals surface area contributed by atoms with Crippen LogP contribution in [0.5, 0.6) is 5.75 Å². The maximum atomic E-state index is 16.5. The lowest BCUT2D eigenvalue weighted by Crippen LogP contribution is -2.39. The van der Waals surface area contributed by atoms with Gasteiger partial charge in [-0.05, 0) is 36.0 Å². The van der Waals surface area contributed by atoms with E-state index in [-0.39, 0.29) is 53.1 Å². The number of carbonyl (C=O) groups is 2. The van der Waals surface area contributed by atoms with Crippen LogP contribution >= 0.6 is 0 Å². The van der Waals surface area contributed by atoms with E-state index in [2.05, 4.69) is 10.3 Å². The molecule has 1 aromatic heterocycles. The number of carbonyl (C=O) groups excluding carboxylic acids is 2. The molecule has 7 rings (SSSR count). The van der Waals surface area contributed by atoms with Gasteiger partial charge in [0.1, 0.15) is 29.6 Å². The number of hydrogen-bond donors (Lipinski definition) is 2. The van der Waals surface area contributed by atoms with Gasteiger partial charge in [0.25, 0.3) is 5.91 Å². The average Bonchev–Trinajstić information content (AvgIpc) is 3.39. The first kappa shape index (κ1) is 31.2. The molecule has 1 atom stereocenters. The van der Waals surface area contributed by atoms with Crippen molar-refractivity contribution in [2.45, 2.75) is 59.1 Å². The number of aliphatic hydroxyl groups excluding tert-OH is 1. The number of aliphatic hydroxyl groups is 1. The summed E-state index contributed by atoms with van der Waals surface area (Å²) < 4.78 is 28.4. The lowest BCUT2D eigenvalue weighted by Gasteiger charge is -2.37. The third-order valence-electron chi connectivity index (χ3n) is 8.96. The lowest BCUT2D eigenvalue weighted by atomic mass is 9.73. The van der Waals surface area contributed by atoms with Crippen molar-refractivity contribution in [2.24, 2.45) is 5.41 Å². The largest absolute Gasteiger partial charge is 0.510 e. The number of nitrogens with zero attached hydrogens (tertiary/aromatic N) is 2. The smallest absolute Gasteiger partial charge is 0.281 e. The molecule has 9 heteroatoms. The molecular weight excluding hydrogens is 609 g/mol. The molecule has 2 heterocycles. The van der Waals surface area contributed by atoms with Crippen LogP contribution in [0.25, 0.3) is 11.3 Å². The summed E-state index contributed by atoms with van der Waals surface area (Å²) >= 11 is 0. The van der Waals surface area contributed by atoms with Crippen LogP contribution in [-0.2, 0) is 11.4 Å². The van der Waals surface area contributed by atoms with Gasteiger partial charge in [0.15, 0.2) is 23.1 Å². The summed E-state index contributed by atoms with van der Waals surface area (Å²) in [6, 6.07) is 22.1. The molecule has 0 fully saturated rings. The molecular formula is C39H36FN3O5. The monoisotopic (exact) mass is 645 g/mol. The van der Waals surface area contributed by atoms with Crippen molar-refractivity contribution in [3.05, 3.63) is 142 Å². The second kappa shape index (κ2) is 12.3. The minimum absolute atomic E-state index is 0.0184. The molecule has 8 nitrogen and oxygen atoms in total. The Labute approximate surface area is 278 Å². The molecule has 4 aromatic rings. The fraction of sp³-hybridized carbons (Fsp3) is 0.256. The first-order valence-electron chi connectivity index (χ1n) is 16.1. The Morgan fingerprint density at radius 3 is 2.54 bits per heavy atom. The summed E-state index contributed by atoms with van der Waals surface area (Å²) in [6.45, 7) is 5.89. The number of Topliss-reactive ketones (excluding diaryl/α,β-unsaturated/α-hetero) is 1. The number of nitrogens with one attached hydrogen (secondary N) is 1. The number of benzene rings is 3. The Morgan fingerprint density at radius 1 is 1.08 bits per heavy atom. The van der Waals surface area contributed by atoms with Crippen LogP contribution in [0.3, 0.4) is 0 Å². The second-order valence-electron chi connectivity index (χ2n) is 13.2. The van der Waals surface area contributed by atoms with Crippen molar-refractivity contribution in [2.75, 3.05) is 0 Å². The molecule has 2 aliphatic carbocycles. The van der Waals surface area contributed by atoms with E-state index < -0.39 is 23.2 Å². The van der Waals surface area contributed by atoms with E-state index in [1.807, 2.05) is 80.6 Å². The molecule has 0 bridgehead atoms. The normalized spacial score (nSPS) is 18.8. The van der Waals surface area contributed by atoms with Crippen molar-refractivity contribution >= 4 is 11.7 Å². The van der Waals surface area contributed by atoms with Gasteiger partial charge in [-0.3, -0.25) is 14.5 Å². The number of hydrogen-bond acceptors (Lipinski definition) is 7. The van der Waals surface area contributed by atoms with E-state index in [0.717, 1.165) is 5.56 Å². The number of fused-ring (bicyclic) bond motifs is 1. The maximum Gasteiger partial charge on any atom is 0.281 e. The number of allylic oxidation sites excluding steroid dienone is 3. The molecule has 0 saturated carbocycles. The van der Waals surface area contributed by atoms with Crippen LogP contribution in [0.1, 0.15) is 73.1 Å². The number of amides is 1. The number of ether oxygens (including phenoxy) is 1. The molecule has 1 unspecified atom stereocenters. The molecule has 1 aliphatic heterocycles. The van der Waals surface area contributed by atoms with Gasteiger partial charge in [-0.15, -0.1) is 0 Å². The summed E-state index contributed by atoms with van der Waals surface area (Å²) in [5.41, 5.74) is 2.79. The van der Waals surface area contributed by atoms with Crippen molar-refractivity contribution in [3.8, 4) is 17.1 Å². The Hall–Kier alpha value is -5.44. The SMILES string of the molecule is Cc1nc(C(=O)N2C3=CCCC(O)=C3NC3=C(C(=O)CC(C)(C)C3)C2c2ccc(OCc3ccccc3)cc2F)c(-c2ccccc2)o1. The number of aryl methyl sites for hydroxylation is 1. The predicted molar refractivity (Wildman–Crippen MR) is 178 cm³/mol. The van der Waals surface area contributed by atoms with E-state index in [1.165, 1.54) is 11.0 Å². The number of oxazole rings is 1. The van der Waals surface area contributed by atoms with Gasteiger partial charge < -0.3 is 19.6 Å². The van der Waals surface area contributed by atoms with E-state index in [9.17, 15) is 9.90 Å². The molecule has 3 aromatic carbocycles. The second-order valence-corrected chi connectivity index (χ2v) is 13.2. The van der Waals surface area contributed by atoms with E-state index >= 15 is 9.18 Å². The quantitative estimate of drug-likeness (QED) is 0.218. The zero-order chi connectivity index (χ0) is 33.6. The standard InChI is InChI=1S/C39H36FN3O5/c1-23-41-35(37(48-23)25-13-8-5-9-14-25)38(46)43-30-15-10-16-31(44)34(30)42-29-20-39(2,3)21-32(45)33(29)36(43)27-18-17-26(19-28(27)40)47-22-24-11-6-4-7-12-24/h4-9,11-15,17-19,36,42,44H,10,16,20-22H2,1-3H3. The first-order chi connectivity index (χ1) is 23.1. The van der Waals surface area contributed by atoms with E-state index in [1.54, 1.807) is 19.1 Å². The Morgan fingerprint density at radius 2 is 1.81 bits per heavy atom. The summed E-state index contributed by atoms with van der Waals surface area (Å²) in [5.74, 6) is -0.539. The number of halogens is 1. The number of rotatable bonds is 6. The number of ketones is 1. The molecule has 48 heavy (non-hydrogen) atoms. The Kier molecular flexibility index (Phi) is 7.99. The van der Waals surface area contributed by atoms with Crippen LogP contribution in [0, 0.1) is 18.2 Å². The van der Waals surface area contributed by atoms with Crippen LogP contribution in [0.4, 0.5) is 4.39 Å². The number of aromatic nitrogens is 1. The molecule has 3 aliphatic rings. The fourth-order valence-electron chi connectivity index (χ4n) is 6.81. The van der Waals surface area contributed by atoms with Gasteiger partial charge in [0.2, 0.25) is 0 Å². The van der Waals surface area contributed by atoms with Crippen LogP contribution in [0.2, 0.25) is 0 Å². The third-order valence-corrected chi connectivity index (χ3v) is 8.96. The molecule has 244 valence electrons. The summed E-state index contributed by atoms with van der Waals surface area (Å²) in [5, 5.41) is 14.6. The topological polar surface area (TPSA) is 105 Å². The zero-order valence-corrected chi connectivity index (χ0v) is 27.0. The molecule has 0 spiro atoms. The maximum absolute atomic E-state index is 16.5. The average molecular weight is 646 g/mol. The summed E-state index contributed by atoms with van der Waals surface area (Å²) in [6.07, 6.45) is 3.28. The van der Waals surface area contributed by atoms with Crippen molar-refractivity contribution < 1.29 is 28.2 Å². The highest BCUT2D eigenvalue weighted by Gasteiger charge is 2.47. The summed E-state index contributed by atoms with van der Waals surface area (Å²) in [4.78, 5) is 35.1. The van der Waals surface area contributed by atoms with Crippen molar-refractivity contribution in [1.29, 1.82) is 0 Å².